The Morgan fingerprint density at radius 3 is 2.74 bits per heavy atom. The highest BCUT2D eigenvalue weighted by Crippen LogP contribution is 2.32. The summed E-state index contributed by atoms with van der Waals surface area (Å²) in [6.45, 7) is 0.745. The largest absolute Gasteiger partial charge is 0.397 e. The molecule has 0 saturated heterocycles. The number of benzene rings is 1. The maximum atomic E-state index is 14.2. The number of hydrogen-bond donors (Lipinski definition) is 2. The number of allylic oxidation sites excluding steroid dienone is 2. The topological polar surface area (TPSA) is 69.9 Å². The van der Waals surface area contributed by atoms with E-state index in [1.165, 1.54) is 18.2 Å². The molecule has 0 fully saturated rings. The molecule has 2 aromatic rings. The summed E-state index contributed by atoms with van der Waals surface area (Å²) in [5, 5.41) is 0.0867. The zero-order valence-corrected chi connectivity index (χ0v) is 12.9. The van der Waals surface area contributed by atoms with Gasteiger partial charge >= 0.3 is 0 Å². The molecule has 0 radical (unpaired) electrons. The van der Waals surface area contributed by atoms with E-state index in [0.717, 1.165) is 31.3 Å². The van der Waals surface area contributed by atoms with Crippen LogP contribution < -0.4 is 11.5 Å². The SMILES string of the molecule is N/C(=C\C=C(/N)Cl)c1c(-c2ccc(F)cc2F)nc2n1CCC2. The Kier molecular flexibility index (Phi) is 4.09. The number of halogens is 3. The van der Waals surface area contributed by atoms with E-state index >= 15 is 0 Å². The molecule has 0 aliphatic carbocycles. The lowest BCUT2D eigenvalue weighted by Crippen LogP contribution is -2.06. The molecular weight excluding hydrogens is 322 g/mol. The number of fused-ring (bicyclic) bond motifs is 1. The monoisotopic (exact) mass is 336 g/mol. The maximum Gasteiger partial charge on any atom is 0.135 e. The number of rotatable bonds is 3. The highest BCUT2D eigenvalue weighted by Gasteiger charge is 2.24. The molecule has 4 nitrogen and oxygen atoms in total. The molecule has 120 valence electrons. The van der Waals surface area contributed by atoms with Crippen LogP contribution in [0.15, 0.2) is 35.5 Å². The summed E-state index contributed by atoms with van der Waals surface area (Å²) in [7, 11) is 0. The summed E-state index contributed by atoms with van der Waals surface area (Å²) in [6.07, 6.45) is 4.74. The molecule has 7 heteroatoms. The molecule has 2 heterocycles. The fourth-order valence-corrected chi connectivity index (χ4v) is 2.80. The van der Waals surface area contributed by atoms with E-state index in [2.05, 4.69) is 4.98 Å². The summed E-state index contributed by atoms with van der Waals surface area (Å²) in [5.74, 6) is -0.484. The van der Waals surface area contributed by atoms with Gasteiger partial charge in [0.25, 0.3) is 0 Å². The minimum Gasteiger partial charge on any atom is -0.397 e. The summed E-state index contributed by atoms with van der Waals surface area (Å²) in [6, 6.07) is 3.40. The second-order valence-corrected chi connectivity index (χ2v) is 5.71. The number of imidazole rings is 1. The van der Waals surface area contributed by atoms with Gasteiger partial charge in [-0.1, -0.05) is 11.6 Å². The van der Waals surface area contributed by atoms with Gasteiger partial charge in [-0.05, 0) is 30.7 Å². The van der Waals surface area contributed by atoms with Crippen LogP contribution in [0.4, 0.5) is 8.78 Å². The minimum absolute atomic E-state index is 0.0867. The van der Waals surface area contributed by atoms with Crippen LogP contribution in [0.25, 0.3) is 17.0 Å². The quantitative estimate of drug-likeness (QED) is 0.668. The first kappa shape index (κ1) is 15.6. The summed E-state index contributed by atoms with van der Waals surface area (Å²) < 4.78 is 29.3. The Morgan fingerprint density at radius 1 is 1.26 bits per heavy atom. The maximum absolute atomic E-state index is 14.2. The standard InChI is InChI=1S/C16H15ClF2N4/c17-13(21)6-5-12(20)16-15(22-14-2-1-7-23(14)16)10-4-3-9(18)8-11(10)19/h3-6,8H,1-2,7,20-21H2/b12-5-,13-6-. The lowest BCUT2D eigenvalue weighted by molar-refractivity contribution is 0.585. The van der Waals surface area contributed by atoms with E-state index in [0.29, 0.717) is 17.1 Å². The normalized spacial score (nSPS) is 15.1. The summed E-state index contributed by atoms with van der Waals surface area (Å²) in [4.78, 5) is 4.49. The number of hydrogen-bond acceptors (Lipinski definition) is 3. The zero-order valence-electron chi connectivity index (χ0n) is 12.2. The van der Waals surface area contributed by atoms with E-state index in [-0.39, 0.29) is 10.7 Å². The second kappa shape index (κ2) is 6.04. The Bertz CT molecular complexity index is 820. The highest BCUT2D eigenvalue weighted by molar-refractivity contribution is 6.29. The Labute approximate surface area is 137 Å². The van der Waals surface area contributed by atoms with E-state index in [1.807, 2.05) is 4.57 Å². The number of aromatic nitrogens is 2. The van der Waals surface area contributed by atoms with Crippen LogP contribution in [-0.4, -0.2) is 9.55 Å². The molecule has 0 spiro atoms. The summed E-state index contributed by atoms with van der Waals surface area (Å²) >= 11 is 5.61. The van der Waals surface area contributed by atoms with Crippen LogP contribution >= 0.6 is 11.6 Å². The van der Waals surface area contributed by atoms with E-state index < -0.39 is 11.6 Å². The van der Waals surface area contributed by atoms with Crippen molar-refractivity contribution in [2.45, 2.75) is 19.4 Å². The number of nitrogens with two attached hydrogens (primary N) is 2. The molecule has 1 aromatic carbocycles. The van der Waals surface area contributed by atoms with Crippen molar-refractivity contribution in [1.29, 1.82) is 0 Å². The van der Waals surface area contributed by atoms with Gasteiger partial charge in [0.1, 0.15) is 23.2 Å². The van der Waals surface area contributed by atoms with Gasteiger partial charge in [0.05, 0.1) is 16.5 Å². The molecule has 0 saturated carbocycles. The van der Waals surface area contributed by atoms with Crippen molar-refractivity contribution in [1.82, 2.24) is 9.55 Å². The fraction of sp³-hybridized carbons (Fsp3) is 0.188. The second-order valence-electron chi connectivity index (χ2n) is 5.28. The van der Waals surface area contributed by atoms with Gasteiger partial charge in [-0.15, -0.1) is 0 Å². The van der Waals surface area contributed by atoms with E-state index in [1.54, 1.807) is 6.08 Å². The van der Waals surface area contributed by atoms with Crippen LogP contribution in [0.1, 0.15) is 17.9 Å². The molecule has 0 bridgehead atoms. The number of nitrogens with zero attached hydrogens (tertiary/aromatic N) is 2. The average Bonchev–Trinajstić information content (AvgIpc) is 3.05. The molecule has 0 amide bonds. The zero-order chi connectivity index (χ0) is 16.6. The van der Waals surface area contributed by atoms with Gasteiger partial charge in [0.2, 0.25) is 0 Å². The summed E-state index contributed by atoms with van der Waals surface area (Å²) in [5.41, 5.74) is 13.1. The van der Waals surface area contributed by atoms with Gasteiger partial charge in [-0.2, -0.15) is 0 Å². The van der Waals surface area contributed by atoms with Crippen molar-refractivity contribution in [3.63, 3.8) is 0 Å². The molecule has 23 heavy (non-hydrogen) atoms. The van der Waals surface area contributed by atoms with Gasteiger partial charge in [-0.3, -0.25) is 0 Å². The van der Waals surface area contributed by atoms with Gasteiger partial charge in [-0.25, -0.2) is 13.8 Å². The molecule has 3 rings (SSSR count). The van der Waals surface area contributed by atoms with Gasteiger partial charge < -0.3 is 16.0 Å². The van der Waals surface area contributed by atoms with Crippen molar-refractivity contribution in [2.24, 2.45) is 11.5 Å². The Balaban J connectivity index is 2.18. The predicted molar refractivity (Wildman–Crippen MR) is 86.2 cm³/mol. The molecular formula is C16H15ClF2N4. The van der Waals surface area contributed by atoms with Crippen LogP contribution in [0.5, 0.6) is 0 Å². The van der Waals surface area contributed by atoms with Crippen LogP contribution in [0, 0.1) is 11.6 Å². The molecule has 1 aromatic heterocycles. The lowest BCUT2D eigenvalue weighted by atomic mass is 10.1. The third-order valence-electron chi connectivity index (χ3n) is 3.71. The van der Waals surface area contributed by atoms with E-state index in [9.17, 15) is 8.78 Å². The third-order valence-corrected chi connectivity index (χ3v) is 3.84. The molecule has 1 aliphatic heterocycles. The van der Waals surface area contributed by atoms with Crippen LogP contribution in [0.2, 0.25) is 0 Å². The van der Waals surface area contributed by atoms with Crippen molar-refractivity contribution in [2.75, 3.05) is 0 Å². The molecule has 1 aliphatic rings. The molecule has 4 N–H and O–H groups in total. The van der Waals surface area contributed by atoms with Crippen LogP contribution in [-0.2, 0) is 13.0 Å². The van der Waals surface area contributed by atoms with Crippen molar-refractivity contribution < 1.29 is 8.78 Å². The lowest BCUT2D eigenvalue weighted by Gasteiger charge is -2.09. The molecule has 0 unspecified atom stereocenters. The smallest absolute Gasteiger partial charge is 0.135 e. The fourth-order valence-electron chi connectivity index (χ4n) is 2.74. The van der Waals surface area contributed by atoms with Gasteiger partial charge in [0, 0.05) is 24.6 Å². The van der Waals surface area contributed by atoms with Crippen molar-refractivity contribution >= 4 is 17.3 Å². The van der Waals surface area contributed by atoms with Gasteiger partial charge in [0.15, 0.2) is 0 Å². The van der Waals surface area contributed by atoms with E-state index in [4.69, 9.17) is 23.1 Å². The average molecular weight is 337 g/mol. The first-order valence-corrected chi connectivity index (χ1v) is 7.49. The van der Waals surface area contributed by atoms with Crippen LogP contribution in [0.3, 0.4) is 0 Å². The highest BCUT2D eigenvalue weighted by atomic mass is 35.5. The third kappa shape index (κ3) is 2.94. The first-order chi connectivity index (χ1) is 11.0. The first-order valence-electron chi connectivity index (χ1n) is 7.11. The minimum atomic E-state index is -0.678. The van der Waals surface area contributed by atoms with Crippen molar-refractivity contribution in [3.8, 4) is 11.3 Å². The molecule has 0 atom stereocenters. The Hall–Kier alpha value is -2.34. The predicted octanol–water partition coefficient (Wildman–Crippen LogP) is 3.11. The Morgan fingerprint density at radius 2 is 2.04 bits per heavy atom. The van der Waals surface area contributed by atoms with Crippen molar-refractivity contribution in [3.05, 3.63) is 58.7 Å². The number of aryl methyl sites for hydroxylation is 1.